The van der Waals surface area contributed by atoms with Crippen LogP contribution in [-0.2, 0) is 9.53 Å². The van der Waals surface area contributed by atoms with Crippen LogP contribution in [0.5, 0.6) is 0 Å². The lowest BCUT2D eigenvalue weighted by Gasteiger charge is -2.16. The summed E-state index contributed by atoms with van der Waals surface area (Å²) in [6, 6.07) is 0. The Balaban J connectivity index is 3.77. The fourth-order valence-electron chi connectivity index (χ4n) is 4.34. The van der Waals surface area contributed by atoms with E-state index in [1.807, 2.05) is 0 Å². The van der Waals surface area contributed by atoms with E-state index < -0.39 is 0 Å². The van der Waals surface area contributed by atoms with Crippen molar-refractivity contribution in [1.82, 2.24) is 5.32 Å². The lowest BCUT2D eigenvalue weighted by Crippen LogP contribution is -2.19. The van der Waals surface area contributed by atoms with Crippen molar-refractivity contribution in [2.45, 2.75) is 156 Å². The number of hydrogen-bond acceptors (Lipinski definition) is 3. The van der Waals surface area contributed by atoms with Crippen LogP contribution in [0.2, 0.25) is 0 Å². The van der Waals surface area contributed by atoms with Gasteiger partial charge < -0.3 is 10.1 Å². The molecular formula is C29H59NO2. The van der Waals surface area contributed by atoms with Crippen LogP contribution in [-0.4, -0.2) is 25.7 Å². The van der Waals surface area contributed by atoms with Crippen molar-refractivity contribution in [3.63, 3.8) is 0 Å². The van der Waals surface area contributed by atoms with Gasteiger partial charge in [-0.05, 0) is 45.2 Å². The van der Waals surface area contributed by atoms with Crippen molar-refractivity contribution < 1.29 is 9.53 Å². The van der Waals surface area contributed by atoms with Crippen LogP contribution in [0.1, 0.15) is 156 Å². The number of hydrogen-bond donors (Lipinski definition) is 1. The van der Waals surface area contributed by atoms with Crippen LogP contribution >= 0.6 is 0 Å². The third kappa shape index (κ3) is 22.6. The van der Waals surface area contributed by atoms with Crippen LogP contribution < -0.4 is 5.32 Å². The number of esters is 1. The van der Waals surface area contributed by atoms with E-state index in [1.54, 1.807) is 0 Å². The zero-order chi connectivity index (χ0) is 23.5. The zero-order valence-electron chi connectivity index (χ0n) is 22.4. The number of nitrogens with one attached hydrogen (secondary N) is 1. The molecule has 0 aromatic rings. The smallest absolute Gasteiger partial charge is 0.308 e. The molecule has 0 aromatic carbocycles. The highest BCUT2D eigenvalue weighted by atomic mass is 16.5. The molecule has 3 nitrogen and oxygen atoms in total. The van der Waals surface area contributed by atoms with E-state index in [9.17, 15) is 4.79 Å². The first-order chi connectivity index (χ1) is 15.8. The average molecular weight is 454 g/mol. The standard InChI is InChI=1S/C29H59NO2/c1-4-7-10-13-14-19-24-28(23-18-12-9-6-3)29(31)32-27-22-17-16-21-26-30-25-20-15-11-8-5-2/h28,30H,4-27H2,1-3H3. The molecule has 0 heterocycles. The molecule has 0 amide bonds. The molecule has 1 atom stereocenters. The van der Waals surface area contributed by atoms with E-state index in [2.05, 4.69) is 26.1 Å². The van der Waals surface area contributed by atoms with Gasteiger partial charge >= 0.3 is 5.97 Å². The van der Waals surface area contributed by atoms with Gasteiger partial charge in [0, 0.05) is 0 Å². The van der Waals surface area contributed by atoms with Crippen LogP contribution in [0, 0.1) is 5.92 Å². The van der Waals surface area contributed by atoms with Crippen molar-refractivity contribution in [1.29, 1.82) is 0 Å². The quantitative estimate of drug-likeness (QED) is 0.105. The van der Waals surface area contributed by atoms with E-state index in [4.69, 9.17) is 4.74 Å². The number of carbonyl (C=O) groups excluding carboxylic acids is 1. The Morgan fingerprint density at radius 3 is 1.50 bits per heavy atom. The summed E-state index contributed by atoms with van der Waals surface area (Å²) in [4.78, 5) is 12.6. The summed E-state index contributed by atoms with van der Waals surface area (Å²) in [5, 5.41) is 3.56. The summed E-state index contributed by atoms with van der Waals surface area (Å²) in [5.41, 5.74) is 0. The van der Waals surface area contributed by atoms with Gasteiger partial charge in [0.25, 0.3) is 0 Å². The molecule has 0 saturated carbocycles. The van der Waals surface area contributed by atoms with Gasteiger partial charge in [0.1, 0.15) is 0 Å². The zero-order valence-corrected chi connectivity index (χ0v) is 22.4. The fourth-order valence-corrected chi connectivity index (χ4v) is 4.34. The van der Waals surface area contributed by atoms with Gasteiger partial charge in [-0.25, -0.2) is 0 Å². The molecule has 0 saturated heterocycles. The number of unbranched alkanes of at least 4 members (excludes halogenated alkanes) is 15. The number of carbonyl (C=O) groups is 1. The number of rotatable bonds is 26. The summed E-state index contributed by atoms with van der Waals surface area (Å²) in [5.74, 6) is 0.222. The predicted octanol–water partition coefficient (Wildman–Crippen LogP) is 8.99. The lowest BCUT2D eigenvalue weighted by atomic mass is 9.94. The Bertz CT molecular complexity index is 372. The summed E-state index contributed by atoms with van der Waals surface area (Å²) in [7, 11) is 0. The van der Waals surface area contributed by atoms with Gasteiger partial charge in [0.2, 0.25) is 0 Å². The summed E-state index contributed by atoms with van der Waals surface area (Å²) in [6.45, 7) is 9.68. The maximum Gasteiger partial charge on any atom is 0.308 e. The highest BCUT2D eigenvalue weighted by Crippen LogP contribution is 2.20. The molecule has 0 aromatic heterocycles. The highest BCUT2D eigenvalue weighted by molar-refractivity contribution is 5.72. The van der Waals surface area contributed by atoms with Crippen LogP contribution in [0.15, 0.2) is 0 Å². The topological polar surface area (TPSA) is 38.3 Å². The van der Waals surface area contributed by atoms with Crippen LogP contribution in [0.25, 0.3) is 0 Å². The van der Waals surface area contributed by atoms with Gasteiger partial charge in [-0.15, -0.1) is 0 Å². The lowest BCUT2D eigenvalue weighted by molar-refractivity contribution is -0.149. The molecule has 0 fully saturated rings. The Hall–Kier alpha value is -0.570. The summed E-state index contributed by atoms with van der Waals surface area (Å²) in [6.07, 6.45) is 26.2. The minimum Gasteiger partial charge on any atom is -0.465 e. The van der Waals surface area contributed by atoms with Crippen LogP contribution in [0.3, 0.4) is 0 Å². The van der Waals surface area contributed by atoms with Gasteiger partial charge in [0.05, 0.1) is 12.5 Å². The first kappa shape index (κ1) is 31.4. The second kappa shape index (κ2) is 26.7. The minimum absolute atomic E-state index is 0.0831. The summed E-state index contributed by atoms with van der Waals surface area (Å²) < 4.78 is 5.69. The van der Waals surface area contributed by atoms with Crippen LogP contribution in [0.4, 0.5) is 0 Å². The minimum atomic E-state index is 0.0831. The molecule has 0 bridgehead atoms. The average Bonchev–Trinajstić information content (AvgIpc) is 2.80. The molecule has 0 radical (unpaired) electrons. The third-order valence-electron chi connectivity index (χ3n) is 6.59. The normalized spacial score (nSPS) is 12.2. The van der Waals surface area contributed by atoms with Crippen molar-refractivity contribution in [2.24, 2.45) is 5.92 Å². The van der Waals surface area contributed by atoms with E-state index in [1.165, 1.54) is 122 Å². The Morgan fingerprint density at radius 1 is 0.562 bits per heavy atom. The van der Waals surface area contributed by atoms with Gasteiger partial charge in [0.15, 0.2) is 0 Å². The van der Waals surface area contributed by atoms with E-state index in [0.29, 0.717) is 6.61 Å². The largest absolute Gasteiger partial charge is 0.465 e. The maximum atomic E-state index is 12.6. The third-order valence-corrected chi connectivity index (χ3v) is 6.59. The second-order valence-corrected chi connectivity index (χ2v) is 9.85. The van der Waals surface area contributed by atoms with Crippen molar-refractivity contribution in [2.75, 3.05) is 19.7 Å². The van der Waals surface area contributed by atoms with E-state index >= 15 is 0 Å². The molecule has 0 aliphatic heterocycles. The maximum absolute atomic E-state index is 12.6. The first-order valence-electron chi connectivity index (χ1n) is 14.6. The Kier molecular flexibility index (Phi) is 26.2. The predicted molar refractivity (Wildman–Crippen MR) is 141 cm³/mol. The summed E-state index contributed by atoms with van der Waals surface area (Å²) >= 11 is 0. The molecule has 1 unspecified atom stereocenters. The first-order valence-corrected chi connectivity index (χ1v) is 14.6. The fraction of sp³-hybridized carbons (Fsp3) is 0.966. The van der Waals surface area contributed by atoms with Crippen molar-refractivity contribution in [3.05, 3.63) is 0 Å². The van der Waals surface area contributed by atoms with Gasteiger partial charge in [-0.1, -0.05) is 124 Å². The van der Waals surface area contributed by atoms with Gasteiger partial charge in [-0.2, -0.15) is 0 Å². The molecular weight excluding hydrogens is 394 g/mol. The molecule has 0 rings (SSSR count). The Morgan fingerprint density at radius 2 is 0.969 bits per heavy atom. The molecule has 3 heteroatoms. The molecule has 192 valence electrons. The van der Waals surface area contributed by atoms with E-state index in [-0.39, 0.29) is 11.9 Å². The molecule has 0 aliphatic carbocycles. The van der Waals surface area contributed by atoms with Gasteiger partial charge in [-0.3, -0.25) is 4.79 Å². The van der Waals surface area contributed by atoms with E-state index in [0.717, 1.165) is 25.8 Å². The molecule has 1 N–H and O–H groups in total. The second-order valence-electron chi connectivity index (χ2n) is 9.85. The van der Waals surface area contributed by atoms with Crippen molar-refractivity contribution >= 4 is 5.97 Å². The highest BCUT2D eigenvalue weighted by Gasteiger charge is 2.19. The monoisotopic (exact) mass is 453 g/mol. The Labute approximate surface area is 202 Å². The molecule has 0 aliphatic rings. The number of ether oxygens (including phenoxy) is 1. The molecule has 32 heavy (non-hydrogen) atoms. The SMILES string of the molecule is CCCCCCCCC(CCCCCC)C(=O)OCCCCCCNCCCCCCC. The van der Waals surface area contributed by atoms with Crippen molar-refractivity contribution in [3.8, 4) is 0 Å². The molecule has 0 spiro atoms.